The summed E-state index contributed by atoms with van der Waals surface area (Å²) >= 11 is 0. The second-order valence-corrected chi connectivity index (χ2v) is 4.62. The Balaban J connectivity index is 2.77. The van der Waals surface area contributed by atoms with Gasteiger partial charge >= 0.3 is 5.97 Å². The molecule has 5 heteroatoms. The Labute approximate surface area is 118 Å². The van der Waals surface area contributed by atoms with Crippen molar-refractivity contribution in [2.45, 2.75) is 32.6 Å². The summed E-state index contributed by atoms with van der Waals surface area (Å²) in [5.41, 5.74) is -0.00520. The lowest BCUT2D eigenvalue weighted by Gasteiger charge is -2.22. The van der Waals surface area contributed by atoms with E-state index in [1.165, 1.54) is 23.1 Å². The third-order valence-electron chi connectivity index (χ3n) is 3.02. The van der Waals surface area contributed by atoms with Crippen LogP contribution in [0.4, 0.5) is 4.39 Å². The van der Waals surface area contributed by atoms with Crippen molar-refractivity contribution in [1.29, 1.82) is 0 Å². The third-order valence-corrected chi connectivity index (χ3v) is 3.02. The predicted molar refractivity (Wildman–Crippen MR) is 74.1 cm³/mol. The maximum absolute atomic E-state index is 13.6. The van der Waals surface area contributed by atoms with Crippen molar-refractivity contribution in [2.75, 3.05) is 13.1 Å². The van der Waals surface area contributed by atoms with Gasteiger partial charge in [0.15, 0.2) is 0 Å². The highest BCUT2D eigenvalue weighted by Gasteiger charge is 2.19. The van der Waals surface area contributed by atoms with Gasteiger partial charge in [0.05, 0.1) is 12.0 Å². The summed E-state index contributed by atoms with van der Waals surface area (Å²) in [6, 6.07) is 5.77. The van der Waals surface area contributed by atoms with Crippen LogP contribution in [0.5, 0.6) is 0 Å². The fraction of sp³-hybridized carbons (Fsp3) is 0.467. The molecule has 0 aliphatic rings. The number of carbonyl (C=O) groups is 2. The molecule has 0 saturated heterocycles. The summed E-state index contributed by atoms with van der Waals surface area (Å²) in [5, 5.41) is 8.73. The highest BCUT2D eigenvalue weighted by Crippen LogP contribution is 2.11. The van der Waals surface area contributed by atoms with Crippen LogP contribution in [0.25, 0.3) is 0 Å². The van der Waals surface area contributed by atoms with Crippen LogP contribution in [0.1, 0.15) is 43.0 Å². The van der Waals surface area contributed by atoms with Gasteiger partial charge in [0.25, 0.3) is 5.91 Å². The Hall–Kier alpha value is -1.91. The number of hydrogen-bond acceptors (Lipinski definition) is 2. The molecule has 0 saturated carbocycles. The zero-order chi connectivity index (χ0) is 15.0. The molecule has 0 spiro atoms. The monoisotopic (exact) mass is 281 g/mol. The maximum atomic E-state index is 13.6. The Bertz CT molecular complexity index is 462. The van der Waals surface area contributed by atoms with Gasteiger partial charge in [-0.25, -0.2) is 4.39 Å². The van der Waals surface area contributed by atoms with Crippen LogP contribution in [0.15, 0.2) is 24.3 Å². The van der Waals surface area contributed by atoms with Crippen molar-refractivity contribution < 1.29 is 19.1 Å². The van der Waals surface area contributed by atoms with E-state index in [9.17, 15) is 14.0 Å². The molecule has 0 bridgehead atoms. The van der Waals surface area contributed by atoms with Crippen LogP contribution in [0, 0.1) is 5.82 Å². The lowest BCUT2D eigenvalue weighted by molar-refractivity contribution is -0.137. The second kappa shape index (κ2) is 8.30. The first-order valence-electron chi connectivity index (χ1n) is 6.81. The Morgan fingerprint density at radius 3 is 2.50 bits per heavy atom. The van der Waals surface area contributed by atoms with E-state index in [4.69, 9.17) is 5.11 Å². The molecule has 1 N–H and O–H groups in total. The number of carboxylic acid groups (broad SMARTS) is 1. The molecule has 0 radical (unpaired) electrons. The molecule has 0 aliphatic carbocycles. The van der Waals surface area contributed by atoms with Crippen LogP contribution in [0.2, 0.25) is 0 Å². The van der Waals surface area contributed by atoms with Gasteiger partial charge in [-0.05, 0) is 18.6 Å². The van der Waals surface area contributed by atoms with Gasteiger partial charge in [-0.3, -0.25) is 9.59 Å². The molecule has 0 aromatic heterocycles. The Kier molecular flexibility index (Phi) is 6.70. The Morgan fingerprint density at radius 2 is 1.90 bits per heavy atom. The number of rotatable bonds is 8. The number of aliphatic carboxylic acids is 1. The van der Waals surface area contributed by atoms with Gasteiger partial charge in [-0.1, -0.05) is 31.9 Å². The number of benzene rings is 1. The van der Waals surface area contributed by atoms with Crippen molar-refractivity contribution in [2.24, 2.45) is 0 Å². The molecule has 1 rings (SSSR count). The lowest BCUT2D eigenvalue weighted by Crippen LogP contribution is -2.34. The zero-order valence-electron chi connectivity index (χ0n) is 11.6. The van der Waals surface area contributed by atoms with Crippen LogP contribution in [0.3, 0.4) is 0 Å². The van der Waals surface area contributed by atoms with E-state index in [1.807, 2.05) is 6.92 Å². The molecule has 1 aromatic rings. The van der Waals surface area contributed by atoms with Crippen molar-refractivity contribution in [3.63, 3.8) is 0 Å². The number of amides is 1. The highest BCUT2D eigenvalue weighted by atomic mass is 19.1. The van der Waals surface area contributed by atoms with E-state index >= 15 is 0 Å². The van der Waals surface area contributed by atoms with Gasteiger partial charge in [-0.2, -0.15) is 0 Å². The van der Waals surface area contributed by atoms with Crippen LogP contribution in [-0.4, -0.2) is 35.0 Å². The first kappa shape index (κ1) is 16.1. The fourth-order valence-corrected chi connectivity index (χ4v) is 1.90. The SMILES string of the molecule is CCCCCN(CCC(=O)O)C(=O)c1ccccc1F. The van der Waals surface area contributed by atoms with E-state index in [0.29, 0.717) is 6.54 Å². The predicted octanol–water partition coefficient (Wildman–Crippen LogP) is 2.93. The average Bonchev–Trinajstić information content (AvgIpc) is 2.42. The molecular weight excluding hydrogens is 261 g/mol. The number of hydrogen-bond donors (Lipinski definition) is 1. The van der Waals surface area contributed by atoms with Gasteiger partial charge < -0.3 is 10.0 Å². The minimum absolute atomic E-state index is 0.00520. The first-order valence-corrected chi connectivity index (χ1v) is 6.81. The Morgan fingerprint density at radius 1 is 1.20 bits per heavy atom. The molecule has 0 atom stereocenters. The van der Waals surface area contributed by atoms with E-state index in [0.717, 1.165) is 19.3 Å². The van der Waals surface area contributed by atoms with Crippen LogP contribution in [-0.2, 0) is 4.79 Å². The van der Waals surface area contributed by atoms with Crippen molar-refractivity contribution in [3.05, 3.63) is 35.6 Å². The molecular formula is C15H20FNO3. The van der Waals surface area contributed by atoms with Crippen LogP contribution < -0.4 is 0 Å². The minimum Gasteiger partial charge on any atom is -0.481 e. The van der Waals surface area contributed by atoms with Gasteiger partial charge in [0.1, 0.15) is 5.82 Å². The summed E-state index contributed by atoms with van der Waals surface area (Å²) in [6.45, 7) is 2.60. The van der Waals surface area contributed by atoms with Gasteiger partial charge in [-0.15, -0.1) is 0 Å². The fourth-order valence-electron chi connectivity index (χ4n) is 1.90. The standard InChI is InChI=1S/C15H20FNO3/c1-2-3-6-10-17(11-9-14(18)19)15(20)12-7-4-5-8-13(12)16/h4-5,7-8H,2-3,6,9-11H2,1H3,(H,18,19). The average molecular weight is 281 g/mol. The second-order valence-electron chi connectivity index (χ2n) is 4.62. The van der Waals surface area contributed by atoms with E-state index in [2.05, 4.69) is 0 Å². The van der Waals surface area contributed by atoms with E-state index in [-0.39, 0.29) is 18.5 Å². The molecule has 1 aromatic carbocycles. The largest absolute Gasteiger partial charge is 0.481 e. The summed E-state index contributed by atoms with van der Waals surface area (Å²) in [4.78, 5) is 24.3. The number of unbranched alkanes of at least 4 members (excludes halogenated alkanes) is 2. The minimum atomic E-state index is -0.966. The smallest absolute Gasteiger partial charge is 0.305 e. The molecule has 110 valence electrons. The number of carbonyl (C=O) groups excluding carboxylic acids is 1. The maximum Gasteiger partial charge on any atom is 0.305 e. The topological polar surface area (TPSA) is 57.6 Å². The third kappa shape index (κ3) is 4.99. The van der Waals surface area contributed by atoms with Gasteiger partial charge in [0, 0.05) is 13.1 Å². The molecule has 0 unspecified atom stereocenters. The van der Waals surface area contributed by atoms with Crippen molar-refractivity contribution in [3.8, 4) is 0 Å². The molecule has 4 nitrogen and oxygen atoms in total. The van der Waals surface area contributed by atoms with Gasteiger partial charge in [0.2, 0.25) is 0 Å². The molecule has 20 heavy (non-hydrogen) atoms. The zero-order valence-corrected chi connectivity index (χ0v) is 11.6. The van der Waals surface area contributed by atoms with Crippen molar-refractivity contribution >= 4 is 11.9 Å². The lowest BCUT2D eigenvalue weighted by atomic mass is 10.1. The molecule has 0 heterocycles. The molecule has 0 aliphatic heterocycles. The van der Waals surface area contributed by atoms with E-state index in [1.54, 1.807) is 6.07 Å². The van der Waals surface area contributed by atoms with Crippen LogP contribution >= 0.6 is 0 Å². The van der Waals surface area contributed by atoms with E-state index < -0.39 is 17.7 Å². The highest BCUT2D eigenvalue weighted by molar-refractivity contribution is 5.94. The summed E-state index contributed by atoms with van der Waals surface area (Å²) < 4.78 is 13.6. The quantitative estimate of drug-likeness (QED) is 0.745. The first-order chi connectivity index (χ1) is 9.56. The summed E-state index contributed by atoms with van der Waals surface area (Å²) in [6.07, 6.45) is 2.61. The number of nitrogens with zero attached hydrogens (tertiary/aromatic N) is 1. The summed E-state index contributed by atoms with van der Waals surface area (Å²) in [5.74, 6) is -1.99. The molecule has 1 amide bonds. The van der Waals surface area contributed by atoms with Crippen molar-refractivity contribution in [1.82, 2.24) is 4.90 Å². The molecule has 0 fully saturated rings. The number of halogens is 1. The number of carboxylic acids is 1. The summed E-state index contributed by atoms with van der Waals surface area (Å²) in [7, 11) is 0. The normalized spacial score (nSPS) is 10.3.